The predicted octanol–water partition coefficient (Wildman–Crippen LogP) is 2.30. The van der Waals surface area contributed by atoms with E-state index < -0.39 is 0 Å². The van der Waals surface area contributed by atoms with Crippen LogP contribution < -0.4 is 5.32 Å². The normalized spacial score (nSPS) is 8.46. The van der Waals surface area contributed by atoms with E-state index in [1.165, 1.54) is 0 Å². The Bertz CT molecular complexity index is 376. The zero-order valence-corrected chi connectivity index (χ0v) is 7.85. The first-order valence-corrected chi connectivity index (χ1v) is 4.10. The summed E-state index contributed by atoms with van der Waals surface area (Å²) in [5.41, 5.74) is 0.580. The minimum Gasteiger partial charge on any atom is -0.314 e. The number of halogens is 1. The lowest BCUT2D eigenvalue weighted by Gasteiger charge is -2.01. The van der Waals surface area contributed by atoms with Crippen molar-refractivity contribution in [1.82, 2.24) is 0 Å². The molecule has 3 heteroatoms. The minimum atomic E-state index is -0.351. The van der Waals surface area contributed by atoms with E-state index in [1.807, 2.05) is 0 Å². The van der Waals surface area contributed by atoms with Crippen molar-refractivity contribution in [2.45, 2.75) is 6.92 Å². The van der Waals surface area contributed by atoms with Gasteiger partial charge in [0.25, 0.3) is 5.91 Å². The molecule has 0 aliphatic carbocycles. The highest BCUT2D eigenvalue weighted by molar-refractivity contribution is 6.33. The van der Waals surface area contributed by atoms with E-state index in [-0.39, 0.29) is 5.91 Å². The number of para-hydroxylation sites is 1. The van der Waals surface area contributed by atoms with Crippen LogP contribution in [0.25, 0.3) is 0 Å². The van der Waals surface area contributed by atoms with E-state index in [2.05, 4.69) is 17.2 Å². The van der Waals surface area contributed by atoms with Gasteiger partial charge >= 0.3 is 0 Å². The van der Waals surface area contributed by atoms with Crippen LogP contribution in [-0.4, -0.2) is 5.91 Å². The SMILES string of the molecule is CC#CC(=O)Nc1ccccc1Cl. The third kappa shape index (κ3) is 2.81. The Kier molecular flexibility index (Phi) is 3.36. The van der Waals surface area contributed by atoms with Gasteiger partial charge in [-0.25, -0.2) is 0 Å². The Morgan fingerprint density at radius 3 is 2.77 bits per heavy atom. The monoisotopic (exact) mass is 193 g/mol. The molecule has 0 fully saturated rings. The quantitative estimate of drug-likeness (QED) is 0.682. The Morgan fingerprint density at radius 2 is 2.15 bits per heavy atom. The molecule has 1 rings (SSSR count). The smallest absolute Gasteiger partial charge is 0.300 e. The fourth-order valence-electron chi connectivity index (χ4n) is 0.830. The largest absolute Gasteiger partial charge is 0.314 e. The van der Waals surface area contributed by atoms with Crippen LogP contribution in [0.3, 0.4) is 0 Å². The minimum absolute atomic E-state index is 0.351. The third-order valence-electron chi connectivity index (χ3n) is 1.36. The first-order valence-electron chi connectivity index (χ1n) is 3.72. The first-order chi connectivity index (χ1) is 6.24. The van der Waals surface area contributed by atoms with Crippen molar-refractivity contribution in [3.63, 3.8) is 0 Å². The van der Waals surface area contributed by atoms with Crippen molar-refractivity contribution in [2.24, 2.45) is 0 Å². The summed E-state index contributed by atoms with van der Waals surface area (Å²) in [6.45, 7) is 1.60. The summed E-state index contributed by atoms with van der Waals surface area (Å²) in [6.07, 6.45) is 0. The van der Waals surface area contributed by atoms with Crippen LogP contribution in [0.1, 0.15) is 6.92 Å². The first kappa shape index (κ1) is 9.63. The molecule has 1 aromatic carbocycles. The molecule has 2 nitrogen and oxygen atoms in total. The van der Waals surface area contributed by atoms with E-state index in [1.54, 1.807) is 31.2 Å². The van der Waals surface area contributed by atoms with Gasteiger partial charge in [0.2, 0.25) is 0 Å². The third-order valence-corrected chi connectivity index (χ3v) is 1.69. The number of amides is 1. The number of anilines is 1. The van der Waals surface area contributed by atoms with Crippen LogP contribution in [0.15, 0.2) is 24.3 Å². The summed E-state index contributed by atoms with van der Waals surface area (Å²) >= 11 is 5.81. The Labute approximate surface area is 81.9 Å². The summed E-state index contributed by atoms with van der Waals surface area (Å²) in [6, 6.07) is 7.01. The van der Waals surface area contributed by atoms with Gasteiger partial charge in [-0.2, -0.15) is 0 Å². The van der Waals surface area contributed by atoms with Crippen LogP contribution in [0.4, 0.5) is 5.69 Å². The number of carbonyl (C=O) groups is 1. The van der Waals surface area contributed by atoms with E-state index in [4.69, 9.17) is 11.6 Å². The van der Waals surface area contributed by atoms with E-state index in [9.17, 15) is 4.79 Å². The number of hydrogen-bond donors (Lipinski definition) is 1. The summed E-state index contributed by atoms with van der Waals surface area (Å²) in [7, 11) is 0. The highest BCUT2D eigenvalue weighted by atomic mass is 35.5. The lowest BCUT2D eigenvalue weighted by atomic mass is 10.3. The van der Waals surface area contributed by atoms with Gasteiger partial charge in [-0.05, 0) is 25.0 Å². The summed E-state index contributed by atoms with van der Waals surface area (Å²) in [5.74, 6) is 4.51. The van der Waals surface area contributed by atoms with Crippen LogP contribution in [0.5, 0.6) is 0 Å². The molecule has 0 saturated heterocycles. The topological polar surface area (TPSA) is 29.1 Å². The second-order valence-electron chi connectivity index (χ2n) is 2.31. The maximum Gasteiger partial charge on any atom is 0.300 e. The molecule has 0 aromatic heterocycles. The lowest BCUT2D eigenvalue weighted by Crippen LogP contribution is -2.08. The van der Waals surface area contributed by atoms with E-state index in [0.717, 1.165) is 0 Å². The van der Waals surface area contributed by atoms with Crippen molar-refractivity contribution < 1.29 is 4.79 Å². The maximum atomic E-state index is 11.0. The predicted molar refractivity (Wildman–Crippen MR) is 53.5 cm³/mol. The van der Waals surface area contributed by atoms with Gasteiger partial charge in [0.1, 0.15) is 0 Å². The molecular formula is C10H8ClNO. The van der Waals surface area contributed by atoms with Gasteiger partial charge in [0.05, 0.1) is 10.7 Å². The van der Waals surface area contributed by atoms with Crippen LogP contribution >= 0.6 is 11.6 Å². The number of nitrogens with one attached hydrogen (secondary N) is 1. The van der Waals surface area contributed by atoms with Crippen molar-refractivity contribution >= 4 is 23.2 Å². The van der Waals surface area contributed by atoms with Crippen molar-refractivity contribution in [2.75, 3.05) is 5.32 Å². The number of carbonyl (C=O) groups excluding carboxylic acids is 1. The van der Waals surface area contributed by atoms with Gasteiger partial charge in [-0.1, -0.05) is 29.7 Å². The molecule has 1 amide bonds. The molecule has 0 atom stereocenters. The molecule has 0 aliphatic heterocycles. The molecule has 0 aliphatic rings. The van der Waals surface area contributed by atoms with Gasteiger partial charge in [0, 0.05) is 0 Å². The molecule has 0 saturated carbocycles. The lowest BCUT2D eigenvalue weighted by molar-refractivity contribution is -0.111. The maximum absolute atomic E-state index is 11.0. The highest BCUT2D eigenvalue weighted by Crippen LogP contribution is 2.19. The molecule has 0 heterocycles. The standard InChI is InChI=1S/C10H8ClNO/c1-2-5-10(13)12-9-7-4-3-6-8(9)11/h3-4,6-7H,1H3,(H,12,13). The molecule has 0 unspecified atom stereocenters. The van der Waals surface area contributed by atoms with Gasteiger partial charge in [-0.3, -0.25) is 4.79 Å². The van der Waals surface area contributed by atoms with Crippen LogP contribution in [0, 0.1) is 11.8 Å². The van der Waals surface area contributed by atoms with Gasteiger partial charge < -0.3 is 5.32 Å². The molecule has 66 valence electrons. The number of rotatable bonds is 1. The zero-order chi connectivity index (χ0) is 9.68. The van der Waals surface area contributed by atoms with Crippen molar-refractivity contribution in [1.29, 1.82) is 0 Å². The molecule has 0 radical (unpaired) electrons. The fourth-order valence-corrected chi connectivity index (χ4v) is 1.01. The van der Waals surface area contributed by atoms with Gasteiger partial charge in [0.15, 0.2) is 0 Å². The van der Waals surface area contributed by atoms with E-state index in [0.29, 0.717) is 10.7 Å². The Hall–Kier alpha value is -1.46. The van der Waals surface area contributed by atoms with Crippen LogP contribution in [0.2, 0.25) is 5.02 Å². The summed E-state index contributed by atoms with van der Waals surface area (Å²) in [4.78, 5) is 11.0. The fraction of sp³-hybridized carbons (Fsp3) is 0.100. The van der Waals surface area contributed by atoms with Crippen molar-refractivity contribution in [3.8, 4) is 11.8 Å². The number of hydrogen-bond acceptors (Lipinski definition) is 1. The Morgan fingerprint density at radius 1 is 1.46 bits per heavy atom. The molecule has 1 aromatic rings. The average molecular weight is 194 g/mol. The molecule has 1 N–H and O–H groups in total. The second kappa shape index (κ2) is 4.54. The number of benzene rings is 1. The zero-order valence-electron chi connectivity index (χ0n) is 7.10. The molecule has 0 bridgehead atoms. The summed E-state index contributed by atoms with van der Waals surface area (Å²) < 4.78 is 0. The van der Waals surface area contributed by atoms with Gasteiger partial charge in [-0.15, -0.1) is 0 Å². The van der Waals surface area contributed by atoms with Crippen molar-refractivity contribution in [3.05, 3.63) is 29.3 Å². The highest BCUT2D eigenvalue weighted by Gasteiger charge is 2.00. The van der Waals surface area contributed by atoms with E-state index >= 15 is 0 Å². The molecule has 13 heavy (non-hydrogen) atoms. The molecular weight excluding hydrogens is 186 g/mol. The Balaban J connectivity index is 2.78. The molecule has 0 spiro atoms. The average Bonchev–Trinajstić information content (AvgIpc) is 2.09. The van der Waals surface area contributed by atoms with Crippen LogP contribution in [-0.2, 0) is 4.79 Å². The second-order valence-corrected chi connectivity index (χ2v) is 2.72. The summed E-state index contributed by atoms with van der Waals surface area (Å²) in [5, 5.41) is 3.07.